The maximum Gasteiger partial charge on any atom is 0.238 e. The van der Waals surface area contributed by atoms with Crippen molar-refractivity contribution >= 4 is 15.7 Å². The van der Waals surface area contributed by atoms with Crippen molar-refractivity contribution in [1.29, 1.82) is 0 Å². The second-order valence-electron chi connectivity index (χ2n) is 3.73. The van der Waals surface area contributed by atoms with E-state index < -0.39 is 10.0 Å². The van der Waals surface area contributed by atoms with Crippen LogP contribution in [0.1, 0.15) is 0 Å². The average Bonchev–Trinajstić information content (AvgIpc) is 2.28. The number of aliphatic hydroxyl groups is 1. The molecule has 1 aliphatic rings. The highest BCUT2D eigenvalue weighted by Gasteiger charge is 2.20. The smallest absolute Gasteiger partial charge is 0.238 e. The van der Waals surface area contributed by atoms with Crippen LogP contribution in [0.3, 0.4) is 0 Å². The maximum atomic E-state index is 11.2. The lowest BCUT2D eigenvalue weighted by molar-refractivity contribution is 0.277. The van der Waals surface area contributed by atoms with Crippen molar-refractivity contribution < 1.29 is 18.3 Å². The fourth-order valence-corrected chi connectivity index (χ4v) is 2.32. The Morgan fingerprint density at radius 2 is 2.24 bits per heavy atom. The van der Waals surface area contributed by atoms with Crippen LogP contribution in [0.25, 0.3) is 0 Å². The molecule has 0 fully saturated rings. The first-order chi connectivity index (χ1) is 8.02. The summed E-state index contributed by atoms with van der Waals surface area (Å²) >= 11 is 0. The molecule has 0 saturated carbocycles. The molecule has 2 rings (SSSR count). The van der Waals surface area contributed by atoms with Crippen molar-refractivity contribution in [3.8, 4) is 5.75 Å². The number of hydrogen-bond acceptors (Lipinski definition) is 5. The summed E-state index contributed by atoms with van der Waals surface area (Å²) in [6.07, 6.45) is 0. The summed E-state index contributed by atoms with van der Waals surface area (Å²) in [6.45, 7) is 1.66. The molecule has 17 heavy (non-hydrogen) atoms. The van der Waals surface area contributed by atoms with Crippen LogP contribution in [0.5, 0.6) is 5.75 Å². The summed E-state index contributed by atoms with van der Waals surface area (Å²) in [4.78, 5) is 1.97. The van der Waals surface area contributed by atoms with E-state index in [9.17, 15) is 8.42 Å². The molecule has 94 valence electrons. The SMILES string of the molecule is NS(=O)(=O)c1ccc2c(c1)OCCN2CCO. The van der Waals surface area contributed by atoms with E-state index in [2.05, 4.69) is 0 Å². The van der Waals surface area contributed by atoms with Crippen molar-refractivity contribution in [3.05, 3.63) is 18.2 Å². The first-order valence-electron chi connectivity index (χ1n) is 5.18. The molecule has 0 spiro atoms. The Balaban J connectivity index is 2.40. The molecule has 1 heterocycles. The standard InChI is InChI=1S/C10H14N2O4S/c11-17(14,15)8-1-2-9-10(7-8)16-6-4-12(9)3-5-13/h1-2,7,13H,3-6H2,(H2,11,14,15). The van der Waals surface area contributed by atoms with Gasteiger partial charge in [-0.2, -0.15) is 0 Å². The summed E-state index contributed by atoms with van der Waals surface area (Å²) in [7, 11) is -3.71. The number of aliphatic hydroxyl groups excluding tert-OH is 1. The predicted molar refractivity (Wildman–Crippen MR) is 62.6 cm³/mol. The largest absolute Gasteiger partial charge is 0.490 e. The van der Waals surface area contributed by atoms with Crippen LogP contribution in [0.2, 0.25) is 0 Å². The van der Waals surface area contributed by atoms with E-state index in [0.29, 0.717) is 25.4 Å². The Morgan fingerprint density at radius 3 is 2.88 bits per heavy atom. The number of hydrogen-bond donors (Lipinski definition) is 2. The molecule has 0 aromatic heterocycles. The van der Waals surface area contributed by atoms with Crippen molar-refractivity contribution in [2.45, 2.75) is 4.90 Å². The molecule has 0 aliphatic carbocycles. The molecule has 1 aliphatic heterocycles. The summed E-state index contributed by atoms with van der Waals surface area (Å²) in [5.74, 6) is 0.483. The number of ether oxygens (including phenoxy) is 1. The van der Waals surface area contributed by atoms with Gasteiger partial charge in [0.25, 0.3) is 0 Å². The Labute approximate surface area is 99.7 Å². The average molecular weight is 258 g/mol. The van der Waals surface area contributed by atoms with E-state index in [-0.39, 0.29) is 11.5 Å². The van der Waals surface area contributed by atoms with E-state index in [0.717, 1.165) is 5.69 Å². The predicted octanol–water partition coefficient (Wildman–Crippen LogP) is -0.475. The van der Waals surface area contributed by atoms with Gasteiger partial charge in [-0.1, -0.05) is 0 Å². The summed E-state index contributed by atoms with van der Waals surface area (Å²) < 4.78 is 27.8. The van der Waals surface area contributed by atoms with E-state index in [1.54, 1.807) is 6.07 Å². The van der Waals surface area contributed by atoms with Crippen LogP contribution < -0.4 is 14.8 Å². The molecule has 0 amide bonds. The number of sulfonamides is 1. The Kier molecular flexibility index (Phi) is 3.23. The molecular formula is C10H14N2O4S. The second-order valence-corrected chi connectivity index (χ2v) is 5.30. The summed E-state index contributed by atoms with van der Waals surface area (Å²) in [5.41, 5.74) is 0.776. The number of nitrogens with two attached hydrogens (primary N) is 1. The topological polar surface area (TPSA) is 92.9 Å². The Hall–Kier alpha value is -1.31. The lowest BCUT2D eigenvalue weighted by Gasteiger charge is -2.30. The maximum absolute atomic E-state index is 11.2. The fourth-order valence-electron chi connectivity index (χ4n) is 1.79. The van der Waals surface area contributed by atoms with Crippen LogP contribution in [0.4, 0.5) is 5.69 Å². The Morgan fingerprint density at radius 1 is 1.47 bits per heavy atom. The second kappa shape index (κ2) is 4.52. The normalized spacial score (nSPS) is 15.3. The van der Waals surface area contributed by atoms with Gasteiger partial charge >= 0.3 is 0 Å². The molecule has 1 aromatic rings. The third kappa shape index (κ3) is 2.51. The monoisotopic (exact) mass is 258 g/mol. The van der Waals surface area contributed by atoms with Crippen LogP contribution >= 0.6 is 0 Å². The highest BCUT2D eigenvalue weighted by atomic mass is 32.2. The van der Waals surface area contributed by atoms with Crippen molar-refractivity contribution in [1.82, 2.24) is 0 Å². The molecule has 0 radical (unpaired) electrons. The molecule has 7 heteroatoms. The molecule has 0 unspecified atom stereocenters. The van der Waals surface area contributed by atoms with Crippen LogP contribution in [0.15, 0.2) is 23.1 Å². The highest BCUT2D eigenvalue weighted by Crippen LogP contribution is 2.33. The zero-order valence-electron chi connectivity index (χ0n) is 9.17. The quantitative estimate of drug-likeness (QED) is 0.764. The Bertz CT molecular complexity index is 515. The van der Waals surface area contributed by atoms with E-state index in [4.69, 9.17) is 15.0 Å². The van der Waals surface area contributed by atoms with Crippen molar-refractivity contribution in [2.24, 2.45) is 5.14 Å². The van der Waals surface area contributed by atoms with Crippen molar-refractivity contribution in [2.75, 3.05) is 31.2 Å². The first kappa shape index (κ1) is 12.2. The molecule has 3 N–H and O–H groups in total. The fraction of sp³-hybridized carbons (Fsp3) is 0.400. The van der Waals surface area contributed by atoms with E-state index in [1.165, 1.54) is 12.1 Å². The minimum atomic E-state index is -3.71. The van der Waals surface area contributed by atoms with Gasteiger partial charge < -0.3 is 14.7 Å². The lowest BCUT2D eigenvalue weighted by atomic mass is 10.2. The number of β-amino-alcohol motifs (C(OH)–C–C–N with tert-alkyl or cyclic N) is 1. The molecule has 0 bridgehead atoms. The van der Waals surface area contributed by atoms with Gasteiger partial charge in [0.2, 0.25) is 10.0 Å². The van der Waals surface area contributed by atoms with Crippen LogP contribution in [-0.2, 0) is 10.0 Å². The minimum absolute atomic E-state index is 0.0297. The summed E-state index contributed by atoms with van der Waals surface area (Å²) in [6, 6.07) is 4.49. The number of nitrogens with zero attached hydrogens (tertiary/aromatic N) is 1. The number of rotatable bonds is 3. The highest BCUT2D eigenvalue weighted by molar-refractivity contribution is 7.89. The van der Waals surface area contributed by atoms with E-state index in [1.807, 2.05) is 4.90 Å². The van der Waals surface area contributed by atoms with E-state index >= 15 is 0 Å². The molecule has 1 aromatic carbocycles. The third-order valence-electron chi connectivity index (χ3n) is 2.59. The zero-order chi connectivity index (χ0) is 12.5. The molecule has 0 saturated heterocycles. The van der Waals surface area contributed by atoms with Crippen molar-refractivity contribution in [3.63, 3.8) is 0 Å². The lowest BCUT2D eigenvalue weighted by Crippen LogP contribution is -2.34. The van der Waals surface area contributed by atoms with Gasteiger partial charge in [-0.25, -0.2) is 13.6 Å². The van der Waals surface area contributed by atoms with Crippen LogP contribution in [-0.4, -0.2) is 39.8 Å². The molecular weight excluding hydrogens is 244 g/mol. The van der Waals surface area contributed by atoms with Gasteiger partial charge in [0, 0.05) is 12.6 Å². The van der Waals surface area contributed by atoms with Gasteiger partial charge in [0.05, 0.1) is 23.7 Å². The number of anilines is 1. The zero-order valence-corrected chi connectivity index (χ0v) is 9.98. The van der Waals surface area contributed by atoms with Gasteiger partial charge in [-0.05, 0) is 12.1 Å². The van der Waals surface area contributed by atoms with Gasteiger partial charge in [0.1, 0.15) is 12.4 Å². The number of primary sulfonamides is 1. The molecule has 0 atom stereocenters. The summed E-state index contributed by atoms with van der Waals surface area (Å²) in [5, 5.41) is 14.0. The molecule has 6 nitrogen and oxygen atoms in total. The van der Waals surface area contributed by atoms with Gasteiger partial charge in [0.15, 0.2) is 0 Å². The first-order valence-corrected chi connectivity index (χ1v) is 6.72. The third-order valence-corrected chi connectivity index (χ3v) is 3.50. The number of benzene rings is 1. The van der Waals surface area contributed by atoms with Gasteiger partial charge in [-0.3, -0.25) is 0 Å². The van der Waals surface area contributed by atoms with Crippen LogP contribution in [0, 0.1) is 0 Å². The van der Waals surface area contributed by atoms with Gasteiger partial charge in [-0.15, -0.1) is 0 Å². The number of fused-ring (bicyclic) bond motifs is 1. The minimum Gasteiger partial charge on any atom is -0.490 e.